The molecule has 0 atom stereocenters. The molecular formula is C30H35N3O2. The van der Waals surface area contributed by atoms with Crippen LogP contribution in [0.1, 0.15) is 21.5 Å². The number of carbonyl (C=O) groups excluding carboxylic acids is 1. The third-order valence-electron chi connectivity index (χ3n) is 6.46. The maximum absolute atomic E-state index is 13.2. The van der Waals surface area contributed by atoms with Gasteiger partial charge in [-0.3, -0.25) is 4.79 Å². The number of carbonyl (C=O) groups is 1. The Bertz CT molecular complexity index is 1180. The minimum atomic E-state index is -0.00118. The first kappa shape index (κ1) is 24.7. The molecule has 5 heteroatoms. The lowest BCUT2D eigenvalue weighted by atomic mass is 9.97. The van der Waals surface area contributed by atoms with Crippen LogP contribution in [-0.2, 0) is 6.54 Å². The molecule has 0 saturated carbocycles. The van der Waals surface area contributed by atoms with Crippen LogP contribution in [0.15, 0.2) is 72.8 Å². The lowest BCUT2D eigenvalue weighted by Crippen LogP contribution is -2.44. The SMILES string of the molecule is COc1ccc(C=CC(=O)c2ccc(N3CCN(C)CC3)c(-c3ccccc3)c2)c(CN(C)C)c1. The molecule has 0 amide bonds. The number of rotatable bonds is 8. The van der Waals surface area contributed by atoms with E-state index in [1.54, 1.807) is 13.2 Å². The van der Waals surface area contributed by atoms with Crippen LogP contribution in [0.4, 0.5) is 5.69 Å². The van der Waals surface area contributed by atoms with Gasteiger partial charge in [0.05, 0.1) is 7.11 Å². The number of nitrogens with zero attached hydrogens (tertiary/aromatic N) is 3. The van der Waals surface area contributed by atoms with Crippen molar-refractivity contribution in [2.45, 2.75) is 6.54 Å². The van der Waals surface area contributed by atoms with E-state index < -0.39 is 0 Å². The molecule has 3 aromatic carbocycles. The number of piperazine rings is 1. The van der Waals surface area contributed by atoms with E-state index in [0.717, 1.165) is 60.7 Å². The second-order valence-corrected chi connectivity index (χ2v) is 9.39. The van der Waals surface area contributed by atoms with Crippen molar-refractivity contribution in [3.63, 3.8) is 0 Å². The summed E-state index contributed by atoms with van der Waals surface area (Å²) in [5, 5.41) is 0. The van der Waals surface area contributed by atoms with E-state index in [0.29, 0.717) is 5.56 Å². The Balaban J connectivity index is 1.64. The molecule has 0 aliphatic carbocycles. The molecule has 35 heavy (non-hydrogen) atoms. The third kappa shape index (κ3) is 6.18. The summed E-state index contributed by atoms with van der Waals surface area (Å²) >= 11 is 0. The summed E-state index contributed by atoms with van der Waals surface area (Å²) in [4.78, 5) is 20.1. The zero-order valence-corrected chi connectivity index (χ0v) is 21.2. The molecule has 4 rings (SSSR count). The summed E-state index contributed by atoms with van der Waals surface area (Å²) in [7, 11) is 7.90. The molecule has 1 aliphatic rings. The third-order valence-corrected chi connectivity index (χ3v) is 6.46. The molecule has 0 aromatic heterocycles. The zero-order valence-electron chi connectivity index (χ0n) is 21.2. The Morgan fingerprint density at radius 3 is 2.40 bits per heavy atom. The number of allylic oxidation sites excluding steroid dienone is 1. The van der Waals surface area contributed by atoms with Crippen molar-refractivity contribution >= 4 is 17.5 Å². The lowest BCUT2D eigenvalue weighted by Gasteiger charge is -2.35. The summed E-state index contributed by atoms with van der Waals surface area (Å²) in [5.74, 6) is 0.816. The highest BCUT2D eigenvalue weighted by atomic mass is 16.5. The van der Waals surface area contributed by atoms with Crippen LogP contribution in [0.2, 0.25) is 0 Å². The second kappa shape index (κ2) is 11.3. The maximum Gasteiger partial charge on any atom is 0.185 e. The molecule has 0 N–H and O–H groups in total. The van der Waals surface area contributed by atoms with Gasteiger partial charge in [-0.05, 0) is 74.2 Å². The van der Waals surface area contributed by atoms with Gasteiger partial charge in [0.2, 0.25) is 0 Å². The second-order valence-electron chi connectivity index (χ2n) is 9.39. The Morgan fingerprint density at radius 1 is 0.971 bits per heavy atom. The number of ether oxygens (including phenoxy) is 1. The molecule has 0 spiro atoms. The van der Waals surface area contributed by atoms with Crippen molar-refractivity contribution < 1.29 is 9.53 Å². The van der Waals surface area contributed by atoms with Gasteiger partial charge in [0.15, 0.2) is 5.78 Å². The van der Waals surface area contributed by atoms with Crippen molar-refractivity contribution in [3.8, 4) is 16.9 Å². The Kier molecular flexibility index (Phi) is 8.01. The predicted molar refractivity (Wildman–Crippen MR) is 145 cm³/mol. The maximum atomic E-state index is 13.2. The molecule has 0 unspecified atom stereocenters. The summed E-state index contributed by atoms with van der Waals surface area (Å²) < 4.78 is 5.39. The highest BCUT2D eigenvalue weighted by Gasteiger charge is 2.19. The van der Waals surface area contributed by atoms with Crippen LogP contribution < -0.4 is 9.64 Å². The fourth-order valence-corrected chi connectivity index (χ4v) is 4.47. The monoisotopic (exact) mass is 469 g/mol. The van der Waals surface area contributed by atoms with Gasteiger partial charge in [-0.1, -0.05) is 42.5 Å². The summed E-state index contributed by atoms with van der Waals surface area (Å²) in [6.45, 7) is 4.80. The molecule has 1 aliphatic heterocycles. The number of methoxy groups -OCH3 is 1. The highest BCUT2D eigenvalue weighted by Crippen LogP contribution is 2.33. The van der Waals surface area contributed by atoms with Crippen molar-refractivity contribution in [1.82, 2.24) is 9.80 Å². The molecule has 1 heterocycles. The average molecular weight is 470 g/mol. The van der Waals surface area contributed by atoms with E-state index in [1.807, 2.05) is 68.7 Å². The fourth-order valence-electron chi connectivity index (χ4n) is 4.47. The van der Waals surface area contributed by atoms with Crippen molar-refractivity contribution in [2.24, 2.45) is 0 Å². The van der Waals surface area contributed by atoms with E-state index in [9.17, 15) is 4.79 Å². The van der Waals surface area contributed by atoms with E-state index in [4.69, 9.17) is 4.74 Å². The van der Waals surface area contributed by atoms with Crippen molar-refractivity contribution in [2.75, 3.05) is 59.3 Å². The zero-order chi connectivity index (χ0) is 24.8. The van der Waals surface area contributed by atoms with Crippen LogP contribution in [0, 0.1) is 0 Å². The van der Waals surface area contributed by atoms with Gasteiger partial charge in [-0.15, -0.1) is 0 Å². The number of benzene rings is 3. The smallest absolute Gasteiger partial charge is 0.185 e. The topological polar surface area (TPSA) is 36.0 Å². The molecule has 1 saturated heterocycles. The standard InChI is InChI=1S/C30H35N3O2/c1-31(2)22-26-20-27(35-4)13-10-23(26)12-15-30(34)25-11-14-29(33-18-16-32(3)17-19-33)28(21-25)24-8-6-5-7-9-24/h5-15,20-21H,16-19,22H2,1-4H3. The van der Waals surface area contributed by atoms with E-state index >= 15 is 0 Å². The van der Waals surface area contributed by atoms with Gasteiger partial charge in [0.1, 0.15) is 5.75 Å². The predicted octanol–water partition coefficient (Wildman–Crippen LogP) is 5.07. The first-order valence-electron chi connectivity index (χ1n) is 12.1. The molecular weight excluding hydrogens is 434 g/mol. The summed E-state index contributed by atoms with van der Waals surface area (Å²) in [5.41, 5.74) is 6.25. The van der Waals surface area contributed by atoms with Gasteiger partial charge in [0.25, 0.3) is 0 Å². The first-order chi connectivity index (χ1) is 16.9. The quantitative estimate of drug-likeness (QED) is 0.340. The average Bonchev–Trinajstić information content (AvgIpc) is 2.88. The molecule has 1 fully saturated rings. The number of likely N-dealkylation sites (N-methyl/N-ethyl adjacent to an activating group) is 1. The Hall–Kier alpha value is -3.41. The van der Waals surface area contributed by atoms with Crippen molar-refractivity contribution in [1.29, 1.82) is 0 Å². The van der Waals surface area contributed by atoms with Crippen LogP contribution >= 0.6 is 0 Å². The molecule has 5 nitrogen and oxygen atoms in total. The van der Waals surface area contributed by atoms with E-state index in [1.165, 1.54) is 5.69 Å². The van der Waals surface area contributed by atoms with Gasteiger partial charge >= 0.3 is 0 Å². The lowest BCUT2D eigenvalue weighted by molar-refractivity contribution is 0.104. The van der Waals surface area contributed by atoms with Crippen LogP contribution in [0.5, 0.6) is 5.75 Å². The molecule has 3 aromatic rings. The number of ketones is 1. The number of anilines is 1. The highest BCUT2D eigenvalue weighted by molar-refractivity contribution is 6.08. The normalized spacial score (nSPS) is 14.6. The van der Waals surface area contributed by atoms with Gasteiger partial charge in [-0.2, -0.15) is 0 Å². The first-order valence-corrected chi connectivity index (χ1v) is 12.1. The number of hydrogen-bond acceptors (Lipinski definition) is 5. The van der Waals surface area contributed by atoms with Gasteiger partial charge < -0.3 is 19.4 Å². The molecule has 182 valence electrons. The molecule has 0 bridgehead atoms. The minimum absolute atomic E-state index is 0.00118. The Labute approximate surface area is 209 Å². The van der Waals surface area contributed by atoms with Crippen molar-refractivity contribution in [3.05, 3.63) is 89.5 Å². The van der Waals surface area contributed by atoms with Crippen LogP contribution in [-0.4, -0.2) is 70.0 Å². The molecule has 0 radical (unpaired) electrons. The van der Waals surface area contributed by atoms with Gasteiger partial charge in [-0.25, -0.2) is 0 Å². The summed E-state index contributed by atoms with van der Waals surface area (Å²) in [6.07, 6.45) is 3.60. The fraction of sp³-hybridized carbons (Fsp3) is 0.300. The Morgan fingerprint density at radius 2 is 1.71 bits per heavy atom. The van der Waals surface area contributed by atoms with Gasteiger partial charge in [0, 0.05) is 49.5 Å². The van der Waals surface area contributed by atoms with E-state index in [2.05, 4.69) is 39.9 Å². The van der Waals surface area contributed by atoms with Crippen LogP contribution in [0.25, 0.3) is 17.2 Å². The van der Waals surface area contributed by atoms with E-state index in [-0.39, 0.29) is 5.78 Å². The summed E-state index contributed by atoms with van der Waals surface area (Å²) in [6, 6.07) is 22.4. The number of hydrogen-bond donors (Lipinski definition) is 0. The van der Waals surface area contributed by atoms with Crippen LogP contribution in [0.3, 0.4) is 0 Å². The minimum Gasteiger partial charge on any atom is -0.497 e. The largest absolute Gasteiger partial charge is 0.497 e.